The van der Waals surface area contributed by atoms with E-state index in [0.29, 0.717) is 16.2 Å². The van der Waals surface area contributed by atoms with Crippen LogP contribution in [0.15, 0.2) is 9.95 Å². The highest BCUT2D eigenvalue weighted by atomic mass is 32.2. The quantitative estimate of drug-likeness (QED) is 0.259. The first-order valence-corrected chi connectivity index (χ1v) is 13.2. The Morgan fingerprint density at radius 1 is 1.18 bits per heavy atom. The molecule has 188 valence electrons. The number of aryl methyl sites for hydroxylation is 1. The molecule has 0 saturated heterocycles. The molecule has 0 amide bonds. The van der Waals surface area contributed by atoms with Gasteiger partial charge >= 0.3 is 11.7 Å². The number of rotatable bonds is 9. The van der Waals surface area contributed by atoms with Crippen molar-refractivity contribution in [1.82, 2.24) is 19.1 Å². The van der Waals surface area contributed by atoms with Gasteiger partial charge in [0.05, 0.1) is 0 Å². The predicted octanol–water partition coefficient (Wildman–Crippen LogP) is 6.01. The van der Waals surface area contributed by atoms with Crippen LogP contribution in [0.3, 0.4) is 0 Å². The van der Waals surface area contributed by atoms with Gasteiger partial charge in [-0.05, 0) is 45.4 Å². The van der Waals surface area contributed by atoms with Crippen LogP contribution in [0.25, 0.3) is 11.2 Å². The normalized spacial score (nSPS) is 13.4. The minimum atomic E-state index is -0.328. The number of aromatic amines is 1. The number of carbonyl (C=O) groups is 1. The summed E-state index contributed by atoms with van der Waals surface area (Å²) in [4.78, 5) is 30.3. The van der Waals surface area contributed by atoms with Crippen molar-refractivity contribution in [3.8, 4) is 0 Å². The number of nitrogens with one attached hydrogen (secondary N) is 1. The Bertz CT molecular complexity index is 1020. The van der Waals surface area contributed by atoms with Crippen molar-refractivity contribution >= 4 is 41.1 Å². The van der Waals surface area contributed by atoms with E-state index in [1.165, 1.54) is 43.6 Å². The third kappa shape index (κ3) is 9.65. The van der Waals surface area contributed by atoms with E-state index in [1.807, 2.05) is 20.8 Å². The smallest absolute Gasteiger partial charge is 0.330 e. The maximum atomic E-state index is 12.1. The molecule has 0 radical (unpaired) electrons. The molecule has 0 aliphatic rings. The number of hydrogen-bond donors (Lipinski definition) is 1. The van der Waals surface area contributed by atoms with Gasteiger partial charge < -0.3 is 9.72 Å². The molecule has 0 spiro atoms. The number of aromatic nitrogens is 4. The molecule has 1 N–H and O–H groups in total. The van der Waals surface area contributed by atoms with Crippen molar-refractivity contribution in [2.24, 2.45) is 25.9 Å². The van der Waals surface area contributed by atoms with Crippen LogP contribution in [0.5, 0.6) is 0 Å². The fraction of sp³-hybridized carbons (Fsp3) is 0.750. The predicted molar refractivity (Wildman–Crippen MR) is 140 cm³/mol. The number of fused-ring (bicyclic) bond motifs is 1. The largest absolute Gasteiger partial charge is 0.460 e. The zero-order valence-corrected chi connectivity index (χ0v) is 23.4. The van der Waals surface area contributed by atoms with Gasteiger partial charge in [0.15, 0.2) is 10.8 Å². The summed E-state index contributed by atoms with van der Waals surface area (Å²) in [5, 5.41) is 0.854. The lowest BCUT2D eigenvalue weighted by atomic mass is 9.94. The molecule has 9 heteroatoms. The van der Waals surface area contributed by atoms with E-state index < -0.39 is 0 Å². The molecule has 2 aromatic heterocycles. The minimum Gasteiger partial charge on any atom is -0.460 e. The third-order valence-corrected chi connectivity index (χ3v) is 7.02. The average molecular weight is 499 g/mol. The maximum absolute atomic E-state index is 12.1. The standard InChI is InChI=1S/C18H30N4OS2.C6H12O2/c1-6-8-13(10-9-12(3)7-2)11-25-17-19-14-15(20-17)21(4)18(23)22(5)16(14)24;1-5(7)8-6(2,3)4/h12-13H,6-11H2,1-5H3,(H,19,20);1-4H3. The first kappa shape index (κ1) is 29.4. The van der Waals surface area contributed by atoms with Crippen LogP contribution >= 0.6 is 24.0 Å². The van der Waals surface area contributed by atoms with Gasteiger partial charge in [-0.1, -0.05) is 64.0 Å². The summed E-state index contributed by atoms with van der Waals surface area (Å²) in [7, 11) is 3.44. The Morgan fingerprint density at radius 2 is 1.82 bits per heavy atom. The summed E-state index contributed by atoms with van der Waals surface area (Å²) in [6.07, 6.45) is 6.29. The fourth-order valence-electron chi connectivity index (χ4n) is 3.44. The van der Waals surface area contributed by atoms with E-state index in [-0.39, 0.29) is 17.3 Å². The van der Waals surface area contributed by atoms with E-state index >= 15 is 0 Å². The van der Waals surface area contributed by atoms with Crippen LogP contribution < -0.4 is 5.69 Å². The van der Waals surface area contributed by atoms with E-state index in [9.17, 15) is 9.59 Å². The molecule has 2 aromatic rings. The molecule has 0 aromatic carbocycles. The topological polar surface area (TPSA) is 81.9 Å². The number of hydrogen-bond acceptors (Lipinski definition) is 6. The Labute approximate surface area is 207 Å². The Morgan fingerprint density at radius 3 is 2.30 bits per heavy atom. The second kappa shape index (κ2) is 13.3. The van der Waals surface area contributed by atoms with Crippen LogP contribution in [0.1, 0.15) is 80.6 Å². The van der Waals surface area contributed by atoms with E-state index in [1.54, 1.807) is 30.4 Å². The zero-order chi connectivity index (χ0) is 25.3. The maximum Gasteiger partial charge on any atom is 0.330 e. The Kier molecular flexibility index (Phi) is 11.9. The fourth-order valence-corrected chi connectivity index (χ4v) is 4.72. The monoisotopic (exact) mass is 498 g/mol. The molecular weight excluding hydrogens is 456 g/mol. The molecule has 0 bridgehead atoms. The van der Waals surface area contributed by atoms with Crippen molar-refractivity contribution in [3.05, 3.63) is 15.1 Å². The number of imidazole rings is 1. The zero-order valence-electron chi connectivity index (χ0n) is 21.8. The van der Waals surface area contributed by atoms with Crippen molar-refractivity contribution in [2.45, 2.75) is 91.3 Å². The molecule has 2 atom stereocenters. The van der Waals surface area contributed by atoms with Gasteiger partial charge in [0.2, 0.25) is 0 Å². The van der Waals surface area contributed by atoms with E-state index in [2.05, 4.69) is 30.7 Å². The molecular formula is C24H42N4O3S2. The van der Waals surface area contributed by atoms with Crippen molar-refractivity contribution in [1.29, 1.82) is 0 Å². The van der Waals surface area contributed by atoms with Gasteiger partial charge in [-0.15, -0.1) is 0 Å². The second-order valence-electron chi connectivity index (χ2n) is 9.71. The molecule has 2 rings (SSSR count). The molecule has 7 nitrogen and oxygen atoms in total. The Balaban J connectivity index is 0.000000582. The molecule has 2 unspecified atom stereocenters. The highest BCUT2D eigenvalue weighted by Gasteiger charge is 2.15. The summed E-state index contributed by atoms with van der Waals surface area (Å²) in [6, 6.07) is 0. The molecule has 0 saturated carbocycles. The molecule has 0 aliphatic carbocycles. The van der Waals surface area contributed by atoms with Gasteiger partial charge in [0, 0.05) is 26.8 Å². The van der Waals surface area contributed by atoms with Crippen molar-refractivity contribution in [2.75, 3.05) is 5.75 Å². The lowest BCUT2D eigenvalue weighted by Crippen LogP contribution is -2.27. The second-order valence-corrected chi connectivity index (χ2v) is 11.1. The van der Waals surface area contributed by atoms with Gasteiger partial charge in [0.1, 0.15) is 15.8 Å². The van der Waals surface area contributed by atoms with Gasteiger partial charge in [-0.25, -0.2) is 9.78 Å². The molecule has 33 heavy (non-hydrogen) atoms. The summed E-state index contributed by atoms with van der Waals surface area (Å²) in [5.41, 5.74) is 0.945. The minimum absolute atomic E-state index is 0.141. The van der Waals surface area contributed by atoms with Gasteiger partial charge in [-0.2, -0.15) is 0 Å². The lowest BCUT2D eigenvalue weighted by molar-refractivity contribution is -0.151. The number of carbonyl (C=O) groups excluding carboxylic acids is 1. The lowest BCUT2D eigenvalue weighted by Gasteiger charge is -2.17. The van der Waals surface area contributed by atoms with Crippen molar-refractivity contribution < 1.29 is 9.53 Å². The first-order valence-electron chi connectivity index (χ1n) is 11.8. The van der Waals surface area contributed by atoms with Crippen LogP contribution in [0.2, 0.25) is 0 Å². The van der Waals surface area contributed by atoms with E-state index in [0.717, 1.165) is 22.3 Å². The number of ether oxygens (including phenoxy) is 1. The third-order valence-electron chi connectivity index (χ3n) is 5.44. The van der Waals surface area contributed by atoms with Crippen LogP contribution in [0.4, 0.5) is 0 Å². The highest BCUT2D eigenvalue weighted by molar-refractivity contribution is 7.99. The number of thioether (sulfide) groups is 1. The van der Waals surface area contributed by atoms with Gasteiger partial charge in [0.25, 0.3) is 0 Å². The SMILES string of the molecule is CC(=O)OC(C)(C)C.CCCC(CCC(C)CC)CSc1nc2c([nH]1)c(=S)n(C)c(=O)n2C. The molecule has 2 heterocycles. The number of H-pyrrole nitrogens is 1. The van der Waals surface area contributed by atoms with Crippen LogP contribution in [0, 0.1) is 16.5 Å². The highest BCUT2D eigenvalue weighted by Crippen LogP contribution is 2.27. The molecule has 0 fully saturated rings. The number of nitrogens with zero attached hydrogens (tertiary/aromatic N) is 3. The summed E-state index contributed by atoms with van der Waals surface area (Å²) in [5.74, 6) is 2.34. The molecule has 0 aliphatic heterocycles. The van der Waals surface area contributed by atoms with Gasteiger partial charge in [-0.3, -0.25) is 13.9 Å². The number of esters is 1. The average Bonchev–Trinajstić information content (AvgIpc) is 3.15. The van der Waals surface area contributed by atoms with Crippen LogP contribution in [-0.4, -0.2) is 36.4 Å². The summed E-state index contributed by atoms with van der Waals surface area (Å²) in [6.45, 7) is 13.8. The first-order chi connectivity index (χ1) is 15.3. The Hall–Kier alpha value is -1.61. The summed E-state index contributed by atoms with van der Waals surface area (Å²) >= 11 is 7.13. The van der Waals surface area contributed by atoms with E-state index in [4.69, 9.17) is 17.0 Å². The van der Waals surface area contributed by atoms with Crippen LogP contribution in [-0.2, 0) is 23.6 Å². The summed E-state index contributed by atoms with van der Waals surface area (Å²) < 4.78 is 8.35. The van der Waals surface area contributed by atoms with Crippen molar-refractivity contribution in [3.63, 3.8) is 0 Å².